The Morgan fingerprint density at radius 2 is 1.48 bits per heavy atom. The van der Waals surface area contributed by atoms with Crippen molar-refractivity contribution in [2.24, 2.45) is 0 Å². The summed E-state index contributed by atoms with van der Waals surface area (Å²) in [4.78, 5) is 23.9. The smallest absolute Gasteiger partial charge is 0.337 e. The van der Waals surface area contributed by atoms with Gasteiger partial charge in [-0.3, -0.25) is 4.72 Å². The van der Waals surface area contributed by atoms with Gasteiger partial charge < -0.3 is 9.47 Å². The molecule has 3 aromatic rings. The minimum absolute atomic E-state index is 0.000516. The molecular weight excluding hydrogens is 422 g/mol. The molecule has 3 rings (SSSR count). The number of para-hydroxylation sites is 1. The molecule has 0 aliphatic carbocycles. The summed E-state index contributed by atoms with van der Waals surface area (Å²) in [5.74, 6) is -1.45. The Balaban J connectivity index is 2.06. The molecule has 0 saturated carbocycles. The molecule has 162 valence electrons. The quantitative estimate of drug-likeness (QED) is 0.582. The molecule has 0 spiro atoms. The summed E-state index contributed by atoms with van der Waals surface area (Å²) in [6.45, 7) is 3.23. The summed E-state index contributed by atoms with van der Waals surface area (Å²) >= 11 is 0. The van der Waals surface area contributed by atoms with Crippen molar-refractivity contribution in [3.05, 3.63) is 71.0 Å². The normalized spacial score (nSPS) is 11.1. The lowest BCUT2D eigenvalue weighted by Crippen LogP contribution is -2.16. The van der Waals surface area contributed by atoms with E-state index in [-0.39, 0.29) is 21.7 Å². The van der Waals surface area contributed by atoms with Crippen molar-refractivity contribution in [3.8, 4) is 5.69 Å². The van der Waals surface area contributed by atoms with E-state index in [0.29, 0.717) is 17.1 Å². The molecule has 0 radical (unpaired) electrons. The van der Waals surface area contributed by atoms with Crippen LogP contribution in [0.4, 0.5) is 5.69 Å². The number of aromatic nitrogens is 2. The zero-order valence-electron chi connectivity index (χ0n) is 17.4. The summed E-state index contributed by atoms with van der Waals surface area (Å²) in [7, 11) is -1.73. The number of carbonyl (C=O) groups excluding carboxylic acids is 2. The molecule has 1 heterocycles. The SMILES string of the molecule is COC(=O)c1cc(NS(=O)(=O)c2c(C)nn(-c3ccccc3)c2C)cc(C(=O)OC)c1. The van der Waals surface area contributed by atoms with E-state index in [1.807, 2.05) is 30.3 Å². The molecule has 0 aliphatic rings. The zero-order chi connectivity index (χ0) is 22.8. The van der Waals surface area contributed by atoms with Gasteiger partial charge in [0.15, 0.2) is 0 Å². The summed E-state index contributed by atoms with van der Waals surface area (Å²) < 4.78 is 39.7. The highest BCUT2D eigenvalue weighted by molar-refractivity contribution is 7.92. The lowest BCUT2D eigenvalue weighted by Gasteiger charge is -2.12. The van der Waals surface area contributed by atoms with E-state index in [0.717, 1.165) is 0 Å². The van der Waals surface area contributed by atoms with Crippen LogP contribution in [0.3, 0.4) is 0 Å². The van der Waals surface area contributed by atoms with E-state index in [1.54, 1.807) is 13.8 Å². The van der Waals surface area contributed by atoms with E-state index in [2.05, 4.69) is 19.3 Å². The Bertz CT molecular complexity index is 1220. The van der Waals surface area contributed by atoms with Crippen LogP contribution in [0, 0.1) is 13.8 Å². The van der Waals surface area contributed by atoms with Crippen molar-refractivity contribution in [1.82, 2.24) is 9.78 Å². The van der Waals surface area contributed by atoms with E-state index >= 15 is 0 Å². The molecule has 1 aromatic heterocycles. The number of rotatable bonds is 6. The number of aryl methyl sites for hydroxylation is 1. The minimum Gasteiger partial charge on any atom is -0.465 e. The third kappa shape index (κ3) is 4.43. The molecule has 0 bridgehead atoms. The lowest BCUT2D eigenvalue weighted by atomic mass is 10.1. The van der Waals surface area contributed by atoms with Gasteiger partial charge in [0, 0.05) is 0 Å². The van der Waals surface area contributed by atoms with Crippen molar-refractivity contribution >= 4 is 27.6 Å². The minimum atomic E-state index is -4.10. The second-order valence-electron chi connectivity index (χ2n) is 6.63. The van der Waals surface area contributed by atoms with Crippen LogP contribution in [0.5, 0.6) is 0 Å². The Morgan fingerprint density at radius 1 is 0.935 bits per heavy atom. The number of benzene rings is 2. The largest absolute Gasteiger partial charge is 0.465 e. The first kappa shape index (κ1) is 22.0. The molecule has 1 N–H and O–H groups in total. The molecule has 0 unspecified atom stereocenters. The molecule has 10 heteroatoms. The van der Waals surface area contributed by atoms with Crippen molar-refractivity contribution in [2.75, 3.05) is 18.9 Å². The van der Waals surface area contributed by atoms with Crippen LogP contribution < -0.4 is 4.72 Å². The topological polar surface area (TPSA) is 117 Å². The van der Waals surface area contributed by atoms with Crippen molar-refractivity contribution < 1.29 is 27.5 Å². The number of nitrogens with zero attached hydrogens (tertiary/aromatic N) is 2. The van der Waals surface area contributed by atoms with Gasteiger partial charge in [0.25, 0.3) is 10.0 Å². The fraction of sp³-hybridized carbons (Fsp3) is 0.190. The van der Waals surface area contributed by atoms with Crippen LogP contribution in [-0.2, 0) is 19.5 Å². The van der Waals surface area contributed by atoms with Crippen LogP contribution in [0.25, 0.3) is 5.69 Å². The van der Waals surface area contributed by atoms with Gasteiger partial charge in [0.05, 0.1) is 48.1 Å². The number of ether oxygens (including phenoxy) is 2. The second-order valence-corrected chi connectivity index (χ2v) is 8.25. The number of nitrogens with one attached hydrogen (secondary N) is 1. The first-order valence-electron chi connectivity index (χ1n) is 9.14. The predicted molar refractivity (Wildman–Crippen MR) is 113 cm³/mol. The van der Waals surface area contributed by atoms with E-state index in [9.17, 15) is 18.0 Å². The number of hydrogen-bond acceptors (Lipinski definition) is 7. The molecule has 2 aromatic carbocycles. The number of carbonyl (C=O) groups is 2. The second kappa shape index (κ2) is 8.60. The molecule has 0 saturated heterocycles. The third-order valence-corrected chi connectivity index (χ3v) is 6.15. The molecule has 0 aliphatic heterocycles. The number of esters is 2. The van der Waals surface area contributed by atoms with Crippen LogP contribution in [0.2, 0.25) is 0 Å². The van der Waals surface area contributed by atoms with Crippen LogP contribution in [0.15, 0.2) is 53.4 Å². The molecular formula is C21H21N3O6S. The van der Waals surface area contributed by atoms with Crippen molar-refractivity contribution in [1.29, 1.82) is 0 Å². The van der Waals surface area contributed by atoms with Crippen LogP contribution >= 0.6 is 0 Å². The average molecular weight is 443 g/mol. The average Bonchev–Trinajstić information content (AvgIpc) is 3.07. The summed E-state index contributed by atoms with van der Waals surface area (Å²) in [5.41, 5.74) is 1.42. The molecule has 0 atom stereocenters. The Hall–Kier alpha value is -3.66. The van der Waals surface area contributed by atoms with Gasteiger partial charge in [-0.15, -0.1) is 0 Å². The van der Waals surface area contributed by atoms with Crippen molar-refractivity contribution in [3.63, 3.8) is 0 Å². The predicted octanol–water partition coefficient (Wildman–Crippen LogP) is 2.86. The maximum absolute atomic E-state index is 13.2. The first-order chi connectivity index (χ1) is 14.7. The maximum Gasteiger partial charge on any atom is 0.337 e. The lowest BCUT2D eigenvalue weighted by molar-refractivity contribution is 0.0599. The fourth-order valence-electron chi connectivity index (χ4n) is 3.20. The highest BCUT2D eigenvalue weighted by Gasteiger charge is 2.26. The number of anilines is 1. The third-order valence-electron chi connectivity index (χ3n) is 4.52. The molecule has 31 heavy (non-hydrogen) atoms. The monoisotopic (exact) mass is 443 g/mol. The maximum atomic E-state index is 13.2. The van der Waals surface area contributed by atoms with Crippen LogP contribution in [0.1, 0.15) is 32.1 Å². The fourth-order valence-corrected chi connectivity index (χ4v) is 4.64. The Kier molecular flexibility index (Phi) is 6.11. The van der Waals surface area contributed by atoms with Gasteiger partial charge in [-0.05, 0) is 44.2 Å². The van der Waals surface area contributed by atoms with Gasteiger partial charge in [-0.1, -0.05) is 18.2 Å². The summed E-state index contributed by atoms with van der Waals surface area (Å²) in [6, 6.07) is 12.9. The van der Waals surface area contributed by atoms with Gasteiger partial charge in [0.1, 0.15) is 4.90 Å². The van der Waals surface area contributed by atoms with Crippen molar-refractivity contribution in [2.45, 2.75) is 18.7 Å². The van der Waals surface area contributed by atoms with E-state index in [4.69, 9.17) is 0 Å². The Labute approximate surface area is 179 Å². The van der Waals surface area contributed by atoms with Gasteiger partial charge in [-0.25, -0.2) is 22.7 Å². The summed E-state index contributed by atoms with van der Waals surface area (Å²) in [5, 5.41) is 4.36. The van der Waals surface area contributed by atoms with Crippen LogP contribution in [-0.4, -0.2) is 44.4 Å². The van der Waals surface area contributed by atoms with E-state index < -0.39 is 22.0 Å². The van der Waals surface area contributed by atoms with Gasteiger partial charge in [0.2, 0.25) is 0 Å². The van der Waals surface area contributed by atoms with E-state index in [1.165, 1.54) is 37.1 Å². The molecule has 0 amide bonds. The summed E-state index contributed by atoms with van der Waals surface area (Å²) in [6.07, 6.45) is 0. The zero-order valence-corrected chi connectivity index (χ0v) is 18.2. The van der Waals surface area contributed by atoms with Gasteiger partial charge in [-0.2, -0.15) is 5.10 Å². The standard InChI is InChI=1S/C21H21N3O6S/c1-13-19(14(2)24(22-13)18-8-6-5-7-9-18)31(27,28)23-17-11-15(20(25)29-3)10-16(12-17)21(26)30-4/h5-12,23H,1-4H3. The highest BCUT2D eigenvalue weighted by atomic mass is 32.2. The molecule has 0 fully saturated rings. The highest BCUT2D eigenvalue weighted by Crippen LogP contribution is 2.26. The van der Waals surface area contributed by atoms with Gasteiger partial charge >= 0.3 is 11.9 Å². The number of methoxy groups -OCH3 is 2. The Morgan fingerprint density at radius 3 is 2.00 bits per heavy atom. The first-order valence-corrected chi connectivity index (χ1v) is 10.6. The number of hydrogen-bond donors (Lipinski definition) is 1. The molecule has 9 nitrogen and oxygen atoms in total. The number of sulfonamides is 1.